The van der Waals surface area contributed by atoms with Crippen molar-refractivity contribution in [3.63, 3.8) is 0 Å². The van der Waals surface area contributed by atoms with Gasteiger partial charge in [0, 0.05) is 10.8 Å². The van der Waals surface area contributed by atoms with E-state index in [4.69, 9.17) is 0 Å². The quantitative estimate of drug-likeness (QED) is 0.675. The topological polar surface area (TPSA) is 12.0 Å². The van der Waals surface area contributed by atoms with Crippen LogP contribution in [0.1, 0.15) is 26.7 Å². The van der Waals surface area contributed by atoms with Crippen LogP contribution in [0.3, 0.4) is 0 Å². The minimum absolute atomic E-state index is 0.401. The highest BCUT2D eigenvalue weighted by molar-refractivity contribution is 8.00. The molecule has 0 radical (unpaired) electrons. The summed E-state index contributed by atoms with van der Waals surface area (Å²) in [6.07, 6.45) is 4.74. The first kappa shape index (κ1) is 10.1. The van der Waals surface area contributed by atoms with Gasteiger partial charge in [-0.2, -0.15) is 11.8 Å². The van der Waals surface area contributed by atoms with Crippen LogP contribution in [-0.4, -0.2) is 23.1 Å². The first-order chi connectivity index (χ1) is 5.73. The standard InChI is InChI=1S/C10H19NS/c1-4-9(11-5-2)10(3)7-6-8-12-10/h4,9,11H,1,5-8H2,2-3H3. The van der Waals surface area contributed by atoms with Gasteiger partial charge in [-0.3, -0.25) is 0 Å². The van der Waals surface area contributed by atoms with Gasteiger partial charge in [-0.05, 0) is 32.1 Å². The van der Waals surface area contributed by atoms with Crippen LogP contribution in [0.5, 0.6) is 0 Å². The van der Waals surface area contributed by atoms with Crippen molar-refractivity contribution in [1.82, 2.24) is 5.32 Å². The van der Waals surface area contributed by atoms with Gasteiger partial charge in [0.05, 0.1) is 0 Å². The molecule has 0 bridgehead atoms. The summed E-state index contributed by atoms with van der Waals surface area (Å²) in [7, 11) is 0. The average molecular weight is 185 g/mol. The van der Waals surface area contributed by atoms with Crippen LogP contribution in [0.4, 0.5) is 0 Å². The summed E-state index contributed by atoms with van der Waals surface area (Å²) in [6.45, 7) is 9.43. The molecule has 70 valence electrons. The number of hydrogen-bond acceptors (Lipinski definition) is 2. The fourth-order valence-electron chi connectivity index (χ4n) is 1.81. The predicted octanol–water partition coefficient (Wildman–Crippen LogP) is 2.44. The smallest absolute Gasteiger partial charge is 0.0393 e. The maximum absolute atomic E-state index is 3.89. The Balaban J connectivity index is 2.56. The molecule has 2 heteroatoms. The summed E-state index contributed by atoms with van der Waals surface area (Å²) in [4.78, 5) is 0. The maximum Gasteiger partial charge on any atom is 0.0393 e. The zero-order valence-electron chi connectivity index (χ0n) is 8.10. The van der Waals surface area contributed by atoms with Crippen molar-refractivity contribution >= 4 is 11.8 Å². The number of nitrogens with one attached hydrogen (secondary N) is 1. The lowest BCUT2D eigenvalue weighted by atomic mass is 9.96. The Hall–Kier alpha value is 0.0500. The summed E-state index contributed by atoms with van der Waals surface area (Å²) >= 11 is 2.08. The van der Waals surface area contributed by atoms with Gasteiger partial charge < -0.3 is 5.32 Å². The van der Waals surface area contributed by atoms with Crippen molar-refractivity contribution < 1.29 is 0 Å². The molecule has 12 heavy (non-hydrogen) atoms. The minimum Gasteiger partial charge on any atom is -0.310 e. The third-order valence-electron chi connectivity index (χ3n) is 2.57. The van der Waals surface area contributed by atoms with Crippen LogP contribution < -0.4 is 5.32 Å². The fraction of sp³-hybridized carbons (Fsp3) is 0.800. The SMILES string of the molecule is C=CC(NCC)C1(C)CCCS1. The highest BCUT2D eigenvalue weighted by Crippen LogP contribution is 2.40. The maximum atomic E-state index is 3.89. The Kier molecular flexibility index (Phi) is 3.66. The summed E-state index contributed by atoms with van der Waals surface area (Å²) in [5.41, 5.74) is 0. The lowest BCUT2D eigenvalue weighted by Crippen LogP contribution is -2.43. The number of hydrogen-bond donors (Lipinski definition) is 1. The van der Waals surface area contributed by atoms with Gasteiger partial charge in [-0.1, -0.05) is 13.0 Å². The van der Waals surface area contributed by atoms with Crippen LogP contribution in [-0.2, 0) is 0 Å². The van der Waals surface area contributed by atoms with Gasteiger partial charge in [0.15, 0.2) is 0 Å². The number of thioether (sulfide) groups is 1. The molecular weight excluding hydrogens is 166 g/mol. The predicted molar refractivity (Wildman–Crippen MR) is 57.8 cm³/mol. The summed E-state index contributed by atoms with van der Waals surface area (Å²) in [6, 6.07) is 0.481. The highest BCUT2D eigenvalue weighted by Gasteiger charge is 2.35. The first-order valence-electron chi connectivity index (χ1n) is 4.73. The molecule has 0 aromatic rings. The van der Waals surface area contributed by atoms with E-state index >= 15 is 0 Å². The van der Waals surface area contributed by atoms with Crippen LogP contribution in [0.25, 0.3) is 0 Å². The van der Waals surface area contributed by atoms with Gasteiger partial charge in [-0.15, -0.1) is 6.58 Å². The van der Waals surface area contributed by atoms with E-state index in [-0.39, 0.29) is 0 Å². The third-order valence-corrected chi connectivity index (χ3v) is 4.18. The molecule has 0 aliphatic carbocycles. The molecule has 1 fully saturated rings. The van der Waals surface area contributed by atoms with Crippen LogP contribution >= 0.6 is 11.8 Å². The normalized spacial score (nSPS) is 31.8. The van der Waals surface area contributed by atoms with Crippen molar-refractivity contribution in [3.8, 4) is 0 Å². The summed E-state index contributed by atoms with van der Waals surface area (Å²) in [5.74, 6) is 1.31. The largest absolute Gasteiger partial charge is 0.310 e. The second kappa shape index (κ2) is 4.33. The van der Waals surface area contributed by atoms with Gasteiger partial charge in [-0.25, -0.2) is 0 Å². The fourth-order valence-corrected chi connectivity index (χ4v) is 3.22. The molecule has 0 spiro atoms. The Morgan fingerprint density at radius 2 is 2.50 bits per heavy atom. The van der Waals surface area contributed by atoms with E-state index in [0.29, 0.717) is 10.8 Å². The van der Waals surface area contributed by atoms with Crippen molar-refractivity contribution in [2.45, 2.75) is 37.5 Å². The van der Waals surface area contributed by atoms with Crippen molar-refractivity contribution in [2.75, 3.05) is 12.3 Å². The van der Waals surface area contributed by atoms with Gasteiger partial charge in [0.1, 0.15) is 0 Å². The van der Waals surface area contributed by atoms with Crippen LogP contribution in [0.15, 0.2) is 12.7 Å². The Labute approximate surface area is 80.0 Å². The molecular formula is C10H19NS. The van der Waals surface area contributed by atoms with E-state index < -0.39 is 0 Å². The zero-order valence-corrected chi connectivity index (χ0v) is 8.91. The van der Waals surface area contributed by atoms with E-state index in [0.717, 1.165) is 6.54 Å². The molecule has 1 aliphatic rings. The van der Waals surface area contributed by atoms with E-state index in [1.165, 1.54) is 18.6 Å². The molecule has 2 atom stereocenters. The van der Waals surface area contributed by atoms with Crippen LogP contribution in [0.2, 0.25) is 0 Å². The molecule has 1 aliphatic heterocycles. The molecule has 2 unspecified atom stereocenters. The van der Waals surface area contributed by atoms with E-state index in [9.17, 15) is 0 Å². The number of rotatable bonds is 4. The molecule has 1 saturated heterocycles. The molecule has 1 N–H and O–H groups in total. The highest BCUT2D eigenvalue weighted by atomic mass is 32.2. The summed E-state index contributed by atoms with van der Waals surface area (Å²) < 4.78 is 0.401. The molecule has 0 saturated carbocycles. The average Bonchev–Trinajstić information content (AvgIpc) is 2.49. The zero-order chi connectivity index (χ0) is 9.03. The monoisotopic (exact) mass is 185 g/mol. The third kappa shape index (κ3) is 2.05. The lowest BCUT2D eigenvalue weighted by molar-refractivity contribution is 0.470. The van der Waals surface area contributed by atoms with E-state index in [2.05, 4.69) is 43.6 Å². The number of likely N-dealkylation sites (N-methyl/N-ethyl adjacent to an activating group) is 1. The molecule has 0 amide bonds. The summed E-state index contributed by atoms with van der Waals surface area (Å²) in [5, 5.41) is 3.48. The van der Waals surface area contributed by atoms with Crippen molar-refractivity contribution in [1.29, 1.82) is 0 Å². The Morgan fingerprint density at radius 3 is 2.92 bits per heavy atom. The van der Waals surface area contributed by atoms with Crippen molar-refractivity contribution in [3.05, 3.63) is 12.7 Å². The molecule has 1 nitrogen and oxygen atoms in total. The second-order valence-corrected chi connectivity index (χ2v) is 5.17. The molecule has 1 rings (SSSR count). The van der Waals surface area contributed by atoms with Gasteiger partial charge in [0.2, 0.25) is 0 Å². The minimum atomic E-state index is 0.401. The first-order valence-corrected chi connectivity index (χ1v) is 5.71. The molecule has 1 heterocycles. The van der Waals surface area contributed by atoms with Crippen LogP contribution in [0, 0.1) is 0 Å². The lowest BCUT2D eigenvalue weighted by Gasteiger charge is -2.31. The van der Waals surface area contributed by atoms with E-state index in [1.54, 1.807) is 0 Å². The Bertz CT molecular complexity index is 150. The van der Waals surface area contributed by atoms with Gasteiger partial charge in [0.25, 0.3) is 0 Å². The molecule has 0 aromatic heterocycles. The second-order valence-electron chi connectivity index (χ2n) is 3.54. The van der Waals surface area contributed by atoms with Crippen molar-refractivity contribution in [2.24, 2.45) is 0 Å². The Morgan fingerprint density at radius 1 is 1.75 bits per heavy atom. The van der Waals surface area contributed by atoms with Gasteiger partial charge >= 0.3 is 0 Å². The van der Waals surface area contributed by atoms with E-state index in [1.807, 2.05) is 0 Å². The molecule has 0 aromatic carbocycles.